The Labute approximate surface area is 154 Å². The first-order valence-corrected chi connectivity index (χ1v) is 8.90. The third-order valence-corrected chi connectivity index (χ3v) is 4.12. The van der Waals surface area contributed by atoms with Gasteiger partial charge >= 0.3 is 0 Å². The average molecular weight is 345 g/mol. The van der Waals surface area contributed by atoms with E-state index in [9.17, 15) is 4.79 Å². The Kier molecular flexibility index (Phi) is 6.43. The van der Waals surface area contributed by atoms with Gasteiger partial charge in [0.25, 0.3) is 5.91 Å². The summed E-state index contributed by atoms with van der Waals surface area (Å²) in [4.78, 5) is 12.3. The van der Waals surface area contributed by atoms with Crippen molar-refractivity contribution >= 4 is 5.91 Å². The highest BCUT2D eigenvalue weighted by atomic mass is 16.5. The second-order valence-corrected chi connectivity index (χ2v) is 6.15. The minimum Gasteiger partial charge on any atom is -0.489 e. The highest BCUT2D eigenvalue weighted by Crippen LogP contribution is 2.15. The number of rotatable bonds is 8. The molecule has 0 heterocycles. The molecule has 0 aliphatic rings. The molecule has 26 heavy (non-hydrogen) atoms. The van der Waals surface area contributed by atoms with Gasteiger partial charge in [-0.05, 0) is 42.2 Å². The molecule has 3 aromatic rings. The minimum absolute atomic E-state index is 0.0665. The van der Waals surface area contributed by atoms with Crippen molar-refractivity contribution in [2.24, 2.45) is 0 Å². The first kappa shape index (κ1) is 17.7. The molecule has 0 aliphatic heterocycles. The Morgan fingerprint density at radius 3 is 2.23 bits per heavy atom. The quantitative estimate of drug-likeness (QED) is 0.605. The van der Waals surface area contributed by atoms with Gasteiger partial charge in [-0.15, -0.1) is 0 Å². The van der Waals surface area contributed by atoms with Crippen molar-refractivity contribution in [1.82, 2.24) is 5.32 Å². The summed E-state index contributed by atoms with van der Waals surface area (Å²) >= 11 is 0. The molecule has 0 aromatic heterocycles. The third-order valence-electron chi connectivity index (χ3n) is 4.12. The normalized spacial score (nSPS) is 10.3. The highest BCUT2D eigenvalue weighted by molar-refractivity contribution is 5.94. The van der Waals surface area contributed by atoms with Crippen LogP contribution in [-0.4, -0.2) is 12.5 Å². The zero-order valence-electron chi connectivity index (χ0n) is 14.7. The molecule has 3 rings (SSSR count). The van der Waals surface area contributed by atoms with Crippen molar-refractivity contribution in [2.75, 3.05) is 6.54 Å². The zero-order chi connectivity index (χ0) is 18.0. The number of aryl methyl sites for hydroxylation is 1. The summed E-state index contributed by atoms with van der Waals surface area (Å²) in [6.45, 7) is 1.14. The molecular weight excluding hydrogens is 322 g/mol. The first-order chi connectivity index (χ1) is 12.8. The van der Waals surface area contributed by atoms with E-state index in [1.54, 1.807) is 6.07 Å². The van der Waals surface area contributed by atoms with Gasteiger partial charge in [0.05, 0.1) is 0 Å². The monoisotopic (exact) mass is 345 g/mol. The van der Waals surface area contributed by atoms with Crippen molar-refractivity contribution in [1.29, 1.82) is 0 Å². The summed E-state index contributed by atoms with van der Waals surface area (Å²) < 4.78 is 5.79. The number of amides is 1. The van der Waals surface area contributed by atoms with Crippen molar-refractivity contribution in [3.05, 3.63) is 102 Å². The summed E-state index contributed by atoms with van der Waals surface area (Å²) in [6, 6.07) is 27.6. The summed E-state index contributed by atoms with van der Waals surface area (Å²) in [7, 11) is 0. The smallest absolute Gasteiger partial charge is 0.251 e. The number of carbonyl (C=O) groups is 1. The molecule has 0 radical (unpaired) electrons. The van der Waals surface area contributed by atoms with Gasteiger partial charge in [0.1, 0.15) is 12.4 Å². The van der Waals surface area contributed by atoms with E-state index in [1.807, 2.05) is 66.7 Å². The lowest BCUT2D eigenvalue weighted by Crippen LogP contribution is -2.24. The molecule has 3 heteroatoms. The fourth-order valence-corrected chi connectivity index (χ4v) is 2.71. The minimum atomic E-state index is -0.0665. The van der Waals surface area contributed by atoms with Gasteiger partial charge < -0.3 is 10.1 Å². The lowest BCUT2D eigenvalue weighted by Gasteiger charge is -2.09. The fraction of sp³-hybridized carbons (Fsp3) is 0.174. The highest BCUT2D eigenvalue weighted by Gasteiger charge is 2.06. The second kappa shape index (κ2) is 9.42. The van der Waals surface area contributed by atoms with Gasteiger partial charge in [-0.1, -0.05) is 66.7 Å². The van der Waals surface area contributed by atoms with Crippen LogP contribution in [0, 0.1) is 0 Å². The SMILES string of the molecule is O=C(NCCCc1ccccc1)c1cccc(OCc2ccccc2)c1. The molecule has 132 valence electrons. The molecule has 0 saturated heterocycles. The summed E-state index contributed by atoms with van der Waals surface area (Å²) in [6.07, 6.45) is 1.88. The van der Waals surface area contributed by atoms with Gasteiger partial charge in [0, 0.05) is 12.1 Å². The van der Waals surface area contributed by atoms with Crippen LogP contribution in [0.3, 0.4) is 0 Å². The Bertz CT molecular complexity index is 816. The number of benzene rings is 3. The van der Waals surface area contributed by atoms with Crippen LogP contribution in [0.1, 0.15) is 27.9 Å². The van der Waals surface area contributed by atoms with Gasteiger partial charge in [-0.2, -0.15) is 0 Å². The topological polar surface area (TPSA) is 38.3 Å². The van der Waals surface area contributed by atoms with Crippen molar-refractivity contribution in [2.45, 2.75) is 19.4 Å². The predicted octanol–water partition coefficient (Wildman–Crippen LogP) is 4.63. The molecule has 3 nitrogen and oxygen atoms in total. The second-order valence-electron chi connectivity index (χ2n) is 6.15. The van der Waals surface area contributed by atoms with Crippen LogP contribution < -0.4 is 10.1 Å². The molecule has 1 amide bonds. The maximum Gasteiger partial charge on any atom is 0.251 e. The molecule has 0 unspecified atom stereocenters. The third kappa shape index (κ3) is 5.49. The Morgan fingerprint density at radius 1 is 0.808 bits per heavy atom. The molecular formula is C23H23NO2. The molecule has 0 saturated carbocycles. The van der Waals surface area contributed by atoms with Crippen LogP contribution in [0.2, 0.25) is 0 Å². The average Bonchev–Trinajstić information content (AvgIpc) is 2.71. The first-order valence-electron chi connectivity index (χ1n) is 8.90. The predicted molar refractivity (Wildman–Crippen MR) is 104 cm³/mol. The number of ether oxygens (including phenoxy) is 1. The van der Waals surface area contributed by atoms with Gasteiger partial charge in [-0.25, -0.2) is 0 Å². The van der Waals surface area contributed by atoms with E-state index in [2.05, 4.69) is 17.4 Å². The number of carbonyl (C=O) groups excluding carboxylic acids is 1. The van der Waals surface area contributed by atoms with E-state index < -0.39 is 0 Å². The number of hydrogen-bond donors (Lipinski definition) is 1. The van der Waals surface area contributed by atoms with Gasteiger partial charge in [-0.3, -0.25) is 4.79 Å². The Hall–Kier alpha value is -3.07. The van der Waals surface area contributed by atoms with Gasteiger partial charge in [0.2, 0.25) is 0 Å². The number of nitrogens with one attached hydrogen (secondary N) is 1. The maximum absolute atomic E-state index is 12.3. The van der Waals surface area contributed by atoms with E-state index >= 15 is 0 Å². The Balaban J connectivity index is 1.46. The van der Waals surface area contributed by atoms with Crippen LogP contribution in [0.5, 0.6) is 5.75 Å². The molecule has 3 aromatic carbocycles. The van der Waals surface area contributed by atoms with E-state index in [-0.39, 0.29) is 5.91 Å². The molecule has 0 atom stereocenters. The van der Waals surface area contributed by atoms with Crippen LogP contribution in [-0.2, 0) is 13.0 Å². The van der Waals surface area contributed by atoms with E-state index in [0.717, 1.165) is 18.4 Å². The summed E-state index contributed by atoms with van der Waals surface area (Å²) in [5, 5.41) is 2.98. The van der Waals surface area contributed by atoms with Crippen LogP contribution in [0.25, 0.3) is 0 Å². The maximum atomic E-state index is 12.3. The largest absolute Gasteiger partial charge is 0.489 e. The molecule has 0 bridgehead atoms. The molecule has 0 spiro atoms. The Morgan fingerprint density at radius 2 is 1.50 bits per heavy atom. The standard InChI is InChI=1S/C23H23NO2/c25-23(24-16-8-13-19-9-3-1-4-10-19)21-14-7-15-22(17-21)26-18-20-11-5-2-6-12-20/h1-7,9-12,14-15,17H,8,13,16,18H2,(H,24,25). The van der Waals surface area contributed by atoms with Gasteiger partial charge in [0.15, 0.2) is 0 Å². The lowest BCUT2D eigenvalue weighted by atomic mass is 10.1. The van der Waals surface area contributed by atoms with E-state index in [0.29, 0.717) is 24.5 Å². The summed E-state index contributed by atoms with van der Waals surface area (Å²) in [5.74, 6) is 0.633. The van der Waals surface area contributed by atoms with Crippen LogP contribution in [0.4, 0.5) is 0 Å². The van der Waals surface area contributed by atoms with Crippen molar-refractivity contribution in [3.63, 3.8) is 0 Å². The zero-order valence-corrected chi connectivity index (χ0v) is 14.7. The van der Waals surface area contributed by atoms with E-state index in [4.69, 9.17) is 4.74 Å². The van der Waals surface area contributed by atoms with E-state index in [1.165, 1.54) is 5.56 Å². The molecule has 0 aliphatic carbocycles. The molecule has 0 fully saturated rings. The number of hydrogen-bond acceptors (Lipinski definition) is 2. The van der Waals surface area contributed by atoms with Crippen molar-refractivity contribution < 1.29 is 9.53 Å². The summed E-state index contributed by atoms with van der Waals surface area (Å²) in [5.41, 5.74) is 3.01. The van der Waals surface area contributed by atoms with Crippen LogP contribution in [0.15, 0.2) is 84.9 Å². The fourth-order valence-electron chi connectivity index (χ4n) is 2.71. The van der Waals surface area contributed by atoms with Crippen LogP contribution >= 0.6 is 0 Å². The molecule has 1 N–H and O–H groups in total. The lowest BCUT2D eigenvalue weighted by molar-refractivity contribution is 0.0952. The van der Waals surface area contributed by atoms with Crippen molar-refractivity contribution in [3.8, 4) is 5.75 Å².